The fraction of sp³-hybridized carbons (Fsp3) is 0.100. The van der Waals surface area contributed by atoms with Crippen molar-refractivity contribution in [2.45, 2.75) is 13.5 Å². The number of benzene rings is 2. The fourth-order valence-corrected chi connectivity index (χ4v) is 2.94. The number of nitrogens with zero attached hydrogens (tertiary/aromatic N) is 2. The smallest absolute Gasteiger partial charge is 0.267 e. The number of amides is 2. The second-order valence-electron chi connectivity index (χ2n) is 6.03. The summed E-state index contributed by atoms with van der Waals surface area (Å²) >= 11 is 3.40. The van der Waals surface area contributed by atoms with Crippen LogP contribution in [0.15, 0.2) is 69.9 Å². The van der Waals surface area contributed by atoms with Crippen LogP contribution in [0.25, 0.3) is 11.3 Å². The van der Waals surface area contributed by atoms with Gasteiger partial charge in [-0.3, -0.25) is 14.4 Å². The Hall–Kier alpha value is -3.26. The number of rotatable bonds is 5. The summed E-state index contributed by atoms with van der Waals surface area (Å²) in [4.78, 5) is 35.4. The topological polar surface area (TPSA) is 93.1 Å². The molecule has 1 heterocycles. The molecule has 3 rings (SSSR count). The molecule has 0 aliphatic heterocycles. The summed E-state index contributed by atoms with van der Waals surface area (Å²) in [7, 11) is 0. The van der Waals surface area contributed by atoms with Gasteiger partial charge in [-0.05, 0) is 42.5 Å². The molecule has 3 aromatic rings. The third-order valence-corrected chi connectivity index (χ3v) is 4.26. The highest BCUT2D eigenvalue weighted by Gasteiger charge is 2.09. The van der Waals surface area contributed by atoms with E-state index in [0.717, 1.165) is 14.7 Å². The number of carbonyl (C=O) groups is 2. The third-order valence-electron chi connectivity index (χ3n) is 3.77. The maximum atomic E-state index is 12.3. The van der Waals surface area contributed by atoms with Crippen molar-refractivity contribution < 1.29 is 9.59 Å². The van der Waals surface area contributed by atoms with Crippen LogP contribution in [0.3, 0.4) is 0 Å². The number of hydrogen-bond donors (Lipinski definition) is 2. The van der Waals surface area contributed by atoms with Crippen LogP contribution in [0, 0.1) is 0 Å². The zero-order valence-electron chi connectivity index (χ0n) is 15.0. The molecule has 0 saturated carbocycles. The third kappa shape index (κ3) is 5.14. The van der Waals surface area contributed by atoms with Crippen molar-refractivity contribution in [2.75, 3.05) is 10.6 Å². The van der Waals surface area contributed by atoms with Crippen LogP contribution in [0.5, 0.6) is 0 Å². The highest BCUT2D eigenvalue weighted by molar-refractivity contribution is 9.10. The van der Waals surface area contributed by atoms with E-state index in [0.29, 0.717) is 17.1 Å². The van der Waals surface area contributed by atoms with Gasteiger partial charge in [-0.25, -0.2) is 4.68 Å². The predicted molar refractivity (Wildman–Crippen MR) is 111 cm³/mol. The summed E-state index contributed by atoms with van der Waals surface area (Å²) in [6, 6.07) is 17.2. The molecule has 8 heteroatoms. The summed E-state index contributed by atoms with van der Waals surface area (Å²) < 4.78 is 2.02. The van der Waals surface area contributed by atoms with Gasteiger partial charge in [-0.2, -0.15) is 5.10 Å². The zero-order valence-corrected chi connectivity index (χ0v) is 16.6. The van der Waals surface area contributed by atoms with Gasteiger partial charge in [0, 0.05) is 34.4 Å². The standard InChI is InChI=1S/C20H17BrN4O3/c1-13(26)22-16-5-7-17(8-6-16)23-19(27)12-25-20(28)10-9-18(24-25)14-3-2-4-15(21)11-14/h2-11H,12H2,1H3,(H,22,26)(H,23,27). The second kappa shape index (κ2) is 8.62. The van der Waals surface area contributed by atoms with Gasteiger partial charge in [0.25, 0.3) is 5.56 Å². The van der Waals surface area contributed by atoms with Crippen LogP contribution in [-0.4, -0.2) is 21.6 Å². The van der Waals surface area contributed by atoms with E-state index >= 15 is 0 Å². The van der Waals surface area contributed by atoms with Gasteiger partial charge >= 0.3 is 0 Å². The van der Waals surface area contributed by atoms with Crippen LogP contribution in [0.4, 0.5) is 11.4 Å². The quantitative estimate of drug-likeness (QED) is 0.636. The first kappa shape index (κ1) is 19.5. The van der Waals surface area contributed by atoms with Crippen molar-refractivity contribution in [3.63, 3.8) is 0 Å². The molecule has 1 aromatic heterocycles. The molecule has 0 saturated heterocycles. The monoisotopic (exact) mass is 440 g/mol. The molecule has 0 unspecified atom stereocenters. The summed E-state index contributed by atoms with van der Waals surface area (Å²) in [5, 5.41) is 9.64. The Morgan fingerprint density at radius 3 is 2.32 bits per heavy atom. The molecule has 0 aliphatic carbocycles. The summed E-state index contributed by atoms with van der Waals surface area (Å²) in [6.07, 6.45) is 0. The Kier molecular flexibility index (Phi) is 6.00. The minimum absolute atomic E-state index is 0.174. The molecule has 28 heavy (non-hydrogen) atoms. The van der Waals surface area contributed by atoms with Gasteiger partial charge in [0.15, 0.2) is 0 Å². The van der Waals surface area contributed by atoms with E-state index < -0.39 is 0 Å². The number of anilines is 2. The largest absolute Gasteiger partial charge is 0.326 e. The minimum atomic E-state index is -0.381. The first-order valence-corrected chi connectivity index (χ1v) is 9.21. The van der Waals surface area contributed by atoms with Gasteiger partial charge in [0.1, 0.15) is 6.54 Å². The average molecular weight is 441 g/mol. The summed E-state index contributed by atoms with van der Waals surface area (Å²) in [5.74, 6) is -0.555. The second-order valence-corrected chi connectivity index (χ2v) is 6.95. The van der Waals surface area contributed by atoms with E-state index in [1.807, 2.05) is 24.3 Å². The molecule has 142 valence electrons. The van der Waals surface area contributed by atoms with E-state index in [1.165, 1.54) is 13.0 Å². The van der Waals surface area contributed by atoms with E-state index in [1.54, 1.807) is 30.3 Å². The first-order chi connectivity index (χ1) is 13.4. The van der Waals surface area contributed by atoms with Gasteiger partial charge in [0.05, 0.1) is 5.69 Å². The molecule has 0 atom stereocenters. The lowest BCUT2D eigenvalue weighted by Gasteiger charge is -2.09. The fourth-order valence-electron chi connectivity index (χ4n) is 2.54. The maximum Gasteiger partial charge on any atom is 0.267 e. The molecule has 2 amide bonds. The molecular formula is C20H17BrN4O3. The van der Waals surface area contributed by atoms with Crippen molar-refractivity contribution >= 4 is 39.1 Å². The van der Waals surface area contributed by atoms with E-state index in [2.05, 4.69) is 31.7 Å². The molecule has 0 radical (unpaired) electrons. The summed E-state index contributed by atoms with van der Waals surface area (Å²) in [5.41, 5.74) is 2.24. The van der Waals surface area contributed by atoms with E-state index in [-0.39, 0.29) is 23.9 Å². The molecule has 0 fully saturated rings. The molecular weight excluding hydrogens is 424 g/mol. The Morgan fingerprint density at radius 2 is 1.68 bits per heavy atom. The van der Waals surface area contributed by atoms with Crippen LogP contribution in [0.2, 0.25) is 0 Å². The first-order valence-electron chi connectivity index (χ1n) is 8.42. The van der Waals surface area contributed by atoms with Crippen molar-refractivity contribution in [1.82, 2.24) is 9.78 Å². The highest BCUT2D eigenvalue weighted by atomic mass is 79.9. The Bertz CT molecular complexity index is 1080. The molecule has 2 N–H and O–H groups in total. The van der Waals surface area contributed by atoms with Crippen LogP contribution in [0.1, 0.15) is 6.92 Å². The van der Waals surface area contributed by atoms with E-state index in [9.17, 15) is 14.4 Å². The molecule has 0 bridgehead atoms. The molecule has 0 aliphatic rings. The normalized spacial score (nSPS) is 10.4. The Morgan fingerprint density at radius 1 is 1.00 bits per heavy atom. The van der Waals surface area contributed by atoms with Crippen LogP contribution in [-0.2, 0) is 16.1 Å². The lowest BCUT2D eigenvalue weighted by molar-refractivity contribution is -0.117. The number of carbonyl (C=O) groups excluding carboxylic acids is 2. The Balaban J connectivity index is 1.72. The minimum Gasteiger partial charge on any atom is -0.326 e. The van der Waals surface area contributed by atoms with Crippen molar-refractivity contribution in [1.29, 1.82) is 0 Å². The number of hydrogen-bond acceptors (Lipinski definition) is 4. The lowest BCUT2D eigenvalue weighted by Crippen LogP contribution is -2.29. The van der Waals surface area contributed by atoms with Gasteiger partial charge < -0.3 is 10.6 Å². The average Bonchev–Trinajstić information content (AvgIpc) is 2.65. The molecule has 2 aromatic carbocycles. The lowest BCUT2D eigenvalue weighted by atomic mass is 10.1. The van der Waals surface area contributed by atoms with E-state index in [4.69, 9.17) is 0 Å². The van der Waals surface area contributed by atoms with Crippen LogP contribution >= 0.6 is 15.9 Å². The van der Waals surface area contributed by atoms with Crippen molar-refractivity contribution in [3.8, 4) is 11.3 Å². The Labute approximate surface area is 169 Å². The predicted octanol–water partition coefficient (Wildman–Crippen LogP) is 3.27. The molecule has 7 nitrogen and oxygen atoms in total. The van der Waals surface area contributed by atoms with Crippen molar-refractivity contribution in [3.05, 3.63) is 75.5 Å². The number of aromatic nitrogens is 2. The molecule has 0 spiro atoms. The van der Waals surface area contributed by atoms with Gasteiger partial charge in [0.2, 0.25) is 11.8 Å². The zero-order chi connectivity index (χ0) is 20.1. The maximum absolute atomic E-state index is 12.3. The highest BCUT2D eigenvalue weighted by Crippen LogP contribution is 2.20. The number of nitrogens with one attached hydrogen (secondary N) is 2. The summed E-state index contributed by atoms with van der Waals surface area (Å²) in [6.45, 7) is 1.21. The van der Waals surface area contributed by atoms with Gasteiger partial charge in [-0.15, -0.1) is 0 Å². The number of halogens is 1. The van der Waals surface area contributed by atoms with Gasteiger partial charge in [-0.1, -0.05) is 28.1 Å². The van der Waals surface area contributed by atoms with Crippen LogP contribution < -0.4 is 16.2 Å². The van der Waals surface area contributed by atoms with Crippen molar-refractivity contribution in [2.24, 2.45) is 0 Å². The SMILES string of the molecule is CC(=O)Nc1ccc(NC(=O)Cn2nc(-c3cccc(Br)c3)ccc2=O)cc1.